The summed E-state index contributed by atoms with van der Waals surface area (Å²) in [7, 11) is 0. The molecule has 3 atom stereocenters. The molecule has 0 spiro atoms. The number of nitrogens with one attached hydrogen (secondary N) is 1. The zero-order valence-electron chi connectivity index (χ0n) is 14.7. The predicted octanol–water partition coefficient (Wildman–Crippen LogP) is 2.08. The summed E-state index contributed by atoms with van der Waals surface area (Å²) in [6, 6.07) is 13.1. The Kier molecular flexibility index (Phi) is 5.43. The van der Waals surface area contributed by atoms with E-state index in [1.165, 1.54) is 0 Å². The predicted molar refractivity (Wildman–Crippen MR) is 94.8 cm³/mol. The van der Waals surface area contributed by atoms with Crippen molar-refractivity contribution in [1.29, 1.82) is 0 Å². The van der Waals surface area contributed by atoms with Gasteiger partial charge in [-0.05, 0) is 23.1 Å². The first-order valence-electron chi connectivity index (χ1n) is 8.83. The summed E-state index contributed by atoms with van der Waals surface area (Å²) in [5, 5.41) is 4.84. The van der Waals surface area contributed by atoms with Gasteiger partial charge in [0.15, 0.2) is 12.2 Å². The first-order valence-corrected chi connectivity index (χ1v) is 8.83. The molecular weight excluding hydrogens is 317 g/mol. The number of alkyl halides is 1. The van der Waals surface area contributed by atoms with Crippen LogP contribution in [0.15, 0.2) is 48.7 Å². The maximum atomic E-state index is 13.4. The third kappa shape index (κ3) is 4.23. The molecule has 0 bridgehead atoms. The van der Waals surface area contributed by atoms with Crippen LogP contribution >= 0.6 is 0 Å². The van der Waals surface area contributed by atoms with Gasteiger partial charge >= 0.3 is 0 Å². The molecular formula is C20H25FN3O+. The van der Waals surface area contributed by atoms with Crippen LogP contribution in [0.25, 0.3) is 0 Å². The number of hydrogen-bond donors (Lipinski definition) is 2. The van der Waals surface area contributed by atoms with Gasteiger partial charge in [0.2, 0.25) is 0 Å². The number of nitrogens with two attached hydrogens (primary N) is 1. The van der Waals surface area contributed by atoms with Crippen molar-refractivity contribution in [2.45, 2.75) is 44.4 Å². The van der Waals surface area contributed by atoms with Crippen LogP contribution in [-0.2, 0) is 4.79 Å². The van der Waals surface area contributed by atoms with Crippen LogP contribution in [0.5, 0.6) is 0 Å². The van der Waals surface area contributed by atoms with Gasteiger partial charge in [0.25, 0.3) is 5.91 Å². The molecule has 2 heterocycles. The summed E-state index contributed by atoms with van der Waals surface area (Å²) in [6.07, 6.45) is 1.23. The molecule has 4 nitrogen and oxygen atoms in total. The van der Waals surface area contributed by atoms with Gasteiger partial charge in [-0.15, -0.1) is 0 Å². The normalized spacial score (nSPS) is 21.3. The largest absolute Gasteiger partial charge is 0.338 e. The van der Waals surface area contributed by atoms with Gasteiger partial charge in [0.1, 0.15) is 6.54 Å². The van der Waals surface area contributed by atoms with Gasteiger partial charge in [-0.2, -0.15) is 0 Å². The summed E-state index contributed by atoms with van der Waals surface area (Å²) in [6.45, 7) is 4.60. The fourth-order valence-electron chi connectivity index (χ4n) is 3.15. The van der Waals surface area contributed by atoms with Crippen molar-refractivity contribution < 1.29 is 14.5 Å². The summed E-state index contributed by atoms with van der Waals surface area (Å²) >= 11 is 0. The number of benzene rings is 1. The van der Waals surface area contributed by atoms with Crippen molar-refractivity contribution in [1.82, 2.24) is 10.3 Å². The molecule has 5 heteroatoms. The second-order valence-corrected chi connectivity index (χ2v) is 6.93. The smallest absolute Gasteiger partial charge is 0.279 e. The zero-order valence-corrected chi connectivity index (χ0v) is 14.7. The van der Waals surface area contributed by atoms with E-state index in [9.17, 15) is 9.18 Å². The number of carbonyl (C=O) groups excluding carboxylic acids is 1. The molecule has 1 aromatic carbocycles. The Labute approximate surface area is 147 Å². The van der Waals surface area contributed by atoms with E-state index in [0.717, 1.165) is 16.8 Å². The van der Waals surface area contributed by atoms with E-state index in [1.54, 1.807) is 5.32 Å². The van der Waals surface area contributed by atoms with Crippen LogP contribution < -0.4 is 10.6 Å². The molecule has 1 aliphatic rings. The summed E-state index contributed by atoms with van der Waals surface area (Å²) in [5.41, 5.74) is 2.92. The molecule has 1 aromatic heterocycles. The average Bonchev–Trinajstić information content (AvgIpc) is 3.07. The third-order valence-corrected chi connectivity index (χ3v) is 4.71. The summed E-state index contributed by atoms with van der Waals surface area (Å²) in [4.78, 5) is 17.2. The molecule has 1 aliphatic heterocycles. The lowest BCUT2D eigenvalue weighted by Crippen LogP contribution is -2.89. The van der Waals surface area contributed by atoms with E-state index in [2.05, 4.69) is 24.1 Å². The van der Waals surface area contributed by atoms with Crippen molar-refractivity contribution in [3.63, 3.8) is 0 Å². The molecule has 3 rings (SSSR count). The summed E-state index contributed by atoms with van der Waals surface area (Å²) in [5.74, 6) is 0.268. The Hall–Kier alpha value is -2.27. The van der Waals surface area contributed by atoms with Crippen molar-refractivity contribution >= 4 is 5.91 Å². The molecule has 1 amide bonds. The van der Waals surface area contributed by atoms with E-state index in [-0.39, 0.29) is 24.4 Å². The van der Waals surface area contributed by atoms with Gasteiger partial charge in [0.05, 0.1) is 11.7 Å². The molecule has 132 valence electrons. The lowest BCUT2D eigenvalue weighted by atomic mass is 10.00. The minimum atomic E-state index is -0.908. The fourth-order valence-corrected chi connectivity index (χ4v) is 3.15. The molecule has 0 radical (unpaired) electrons. The van der Waals surface area contributed by atoms with Crippen LogP contribution in [0.3, 0.4) is 0 Å². The molecule has 0 aliphatic carbocycles. The molecule has 0 unspecified atom stereocenters. The number of hydrogen-bond acceptors (Lipinski definition) is 2. The number of pyridine rings is 1. The Bertz CT molecular complexity index is 703. The van der Waals surface area contributed by atoms with Crippen LogP contribution in [0.4, 0.5) is 4.39 Å². The minimum Gasteiger partial charge on any atom is -0.338 e. The number of carbonyl (C=O) groups is 1. The highest BCUT2D eigenvalue weighted by Gasteiger charge is 2.35. The van der Waals surface area contributed by atoms with Crippen molar-refractivity contribution in [2.24, 2.45) is 0 Å². The van der Waals surface area contributed by atoms with Crippen molar-refractivity contribution in [3.8, 4) is 0 Å². The Morgan fingerprint density at radius 2 is 1.96 bits per heavy atom. The first kappa shape index (κ1) is 17.5. The zero-order chi connectivity index (χ0) is 17.8. The highest BCUT2D eigenvalue weighted by atomic mass is 19.1. The van der Waals surface area contributed by atoms with Crippen LogP contribution in [0.1, 0.15) is 49.0 Å². The number of amides is 1. The van der Waals surface area contributed by atoms with Crippen LogP contribution in [0.2, 0.25) is 0 Å². The van der Waals surface area contributed by atoms with Crippen molar-refractivity contribution in [3.05, 3.63) is 65.5 Å². The SMILES string of the molecule is CC(C)c1ccc([C@@H](NC(=O)[C@@H]2C[C@@H](F)C[NH2+]2)c2ccccc2)nc1. The van der Waals surface area contributed by atoms with Crippen LogP contribution in [0, 0.1) is 0 Å². The molecule has 0 saturated carbocycles. The number of aromatic nitrogens is 1. The number of rotatable bonds is 5. The molecule has 3 N–H and O–H groups in total. The average molecular weight is 342 g/mol. The monoisotopic (exact) mass is 342 g/mol. The van der Waals surface area contributed by atoms with E-state index < -0.39 is 6.17 Å². The van der Waals surface area contributed by atoms with Gasteiger partial charge in [-0.25, -0.2) is 4.39 Å². The lowest BCUT2D eigenvalue weighted by Gasteiger charge is -2.20. The highest BCUT2D eigenvalue weighted by molar-refractivity contribution is 5.81. The van der Waals surface area contributed by atoms with E-state index in [1.807, 2.05) is 48.7 Å². The second kappa shape index (κ2) is 7.74. The Morgan fingerprint density at radius 1 is 1.20 bits per heavy atom. The minimum absolute atomic E-state index is 0.135. The summed E-state index contributed by atoms with van der Waals surface area (Å²) < 4.78 is 13.4. The van der Waals surface area contributed by atoms with Gasteiger partial charge in [-0.1, -0.05) is 50.2 Å². The topological polar surface area (TPSA) is 58.6 Å². The van der Waals surface area contributed by atoms with Gasteiger partial charge in [-0.3, -0.25) is 9.78 Å². The quantitative estimate of drug-likeness (QED) is 0.874. The highest BCUT2D eigenvalue weighted by Crippen LogP contribution is 2.22. The van der Waals surface area contributed by atoms with Crippen molar-refractivity contribution in [2.75, 3.05) is 6.54 Å². The fraction of sp³-hybridized carbons (Fsp3) is 0.400. The third-order valence-electron chi connectivity index (χ3n) is 4.71. The number of quaternary nitrogens is 1. The first-order chi connectivity index (χ1) is 12.0. The van der Waals surface area contributed by atoms with Crippen LogP contribution in [-0.4, -0.2) is 29.6 Å². The second-order valence-electron chi connectivity index (χ2n) is 6.93. The van der Waals surface area contributed by atoms with Gasteiger partial charge < -0.3 is 10.6 Å². The van der Waals surface area contributed by atoms with E-state index >= 15 is 0 Å². The maximum absolute atomic E-state index is 13.4. The van der Waals surface area contributed by atoms with E-state index in [4.69, 9.17) is 0 Å². The number of halogens is 1. The van der Waals surface area contributed by atoms with E-state index in [0.29, 0.717) is 12.5 Å². The Balaban J connectivity index is 1.84. The molecule has 1 fully saturated rings. The Morgan fingerprint density at radius 3 is 2.52 bits per heavy atom. The molecule has 1 saturated heterocycles. The molecule has 2 aromatic rings. The molecule has 25 heavy (non-hydrogen) atoms. The van der Waals surface area contributed by atoms with Gasteiger partial charge in [0, 0.05) is 12.6 Å². The lowest BCUT2D eigenvalue weighted by molar-refractivity contribution is -0.659. The maximum Gasteiger partial charge on any atom is 0.279 e. The number of nitrogens with zero attached hydrogens (tertiary/aromatic N) is 1. The standard InChI is InChI=1S/C20H24FN3O/c1-13(2)15-8-9-17(22-11-15)19(14-6-4-3-5-7-14)24-20(25)18-10-16(21)12-23-18/h3-9,11,13,16,18-19,23H,10,12H2,1-2H3,(H,24,25)/p+1/t16-,18+,19+/m1/s1.